The SMILES string of the molecule is CCOC(=O)c1ccc2c(c1)sc(=NC(=O)c1cc([N+](=O)[O-])ccc1Cl)n2CCOC. The summed E-state index contributed by atoms with van der Waals surface area (Å²) in [5.41, 5.74) is 0.810. The van der Waals surface area contributed by atoms with Gasteiger partial charge in [0.1, 0.15) is 0 Å². The smallest absolute Gasteiger partial charge is 0.338 e. The number of esters is 1. The molecule has 1 amide bonds. The van der Waals surface area contributed by atoms with Crippen molar-refractivity contribution in [3.05, 3.63) is 67.5 Å². The molecule has 0 saturated heterocycles. The van der Waals surface area contributed by atoms with Crippen LogP contribution in [-0.2, 0) is 16.0 Å². The molecule has 0 spiro atoms. The quantitative estimate of drug-likeness (QED) is 0.299. The van der Waals surface area contributed by atoms with Crippen LogP contribution in [0.1, 0.15) is 27.6 Å². The zero-order chi connectivity index (χ0) is 22.5. The van der Waals surface area contributed by atoms with Crippen LogP contribution in [0.2, 0.25) is 5.02 Å². The molecule has 0 N–H and O–H groups in total. The Morgan fingerprint density at radius 3 is 2.71 bits per heavy atom. The fraction of sp³-hybridized carbons (Fsp3) is 0.250. The van der Waals surface area contributed by atoms with Gasteiger partial charge in [0.2, 0.25) is 0 Å². The van der Waals surface area contributed by atoms with Crippen LogP contribution in [0, 0.1) is 10.1 Å². The van der Waals surface area contributed by atoms with Crippen molar-refractivity contribution in [2.24, 2.45) is 4.99 Å². The average molecular weight is 464 g/mol. The molecule has 0 aliphatic rings. The van der Waals surface area contributed by atoms with Crippen LogP contribution in [0.3, 0.4) is 0 Å². The summed E-state index contributed by atoms with van der Waals surface area (Å²) in [6.07, 6.45) is 0. The van der Waals surface area contributed by atoms with E-state index in [9.17, 15) is 19.7 Å². The van der Waals surface area contributed by atoms with E-state index in [4.69, 9.17) is 21.1 Å². The summed E-state index contributed by atoms with van der Waals surface area (Å²) in [6.45, 7) is 2.75. The van der Waals surface area contributed by atoms with Crippen molar-refractivity contribution in [1.82, 2.24) is 4.57 Å². The molecule has 0 fully saturated rings. The Morgan fingerprint density at radius 1 is 1.26 bits per heavy atom. The number of rotatable bonds is 7. The number of hydrogen-bond acceptors (Lipinski definition) is 7. The number of nitro benzene ring substituents is 1. The van der Waals surface area contributed by atoms with Gasteiger partial charge in [0, 0.05) is 25.8 Å². The van der Waals surface area contributed by atoms with Gasteiger partial charge in [0.05, 0.1) is 44.5 Å². The largest absolute Gasteiger partial charge is 0.462 e. The molecule has 3 rings (SSSR count). The molecular formula is C20H18ClN3O6S. The van der Waals surface area contributed by atoms with Crippen molar-refractivity contribution in [3.63, 3.8) is 0 Å². The maximum absolute atomic E-state index is 12.8. The van der Waals surface area contributed by atoms with E-state index in [1.165, 1.54) is 23.5 Å². The third-order valence-electron chi connectivity index (χ3n) is 4.30. The maximum atomic E-state index is 12.8. The molecule has 31 heavy (non-hydrogen) atoms. The van der Waals surface area contributed by atoms with E-state index in [0.29, 0.717) is 23.5 Å². The predicted molar refractivity (Wildman–Crippen MR) is 116 cm³/mol. The molecule has 9 nitrogen and oxygen atoms in total. The van der Waals surface area contributed by atoms with Crippen LogP contribution in [0.4, 0.5) is 5.69 Å². The highest BCUT2D eigenvalue weighted by atomic mass is 35.5. The number of nitrogens with zero attached hydrogens (tertiary/aromatic N) is 3. The minimum atomic E-state index is -0.711. The van der Waals surface area contributed by atoms with E-state index in [-0.39, 0.29) is 22.9 Å². The number of carbonyl (C=O) groups is 2. The van der Waals surface area contributed by atoms with Crippen LogP contribution in [0.15, 0.2) is 41.4 Å². The second-order valence-corrected chi connectivity index (χ2v) is 7.69. The lowest BCUT2D eigenvalue weighted by Crippen LogP contribution is -2.19. The van der Waals surface area contributed by atoms with E-state index in [1.807, 2.05) is 0 Å². The molecule has 0 bridgehead atoms. The number of carbonyl (C=O) groups excluding carboxylic acids is 2. The van der Waals surface area contributed by atoms with Gasteiger partial charge in [-0.3, -0.25) is 14.9 Å². The predicted octanol–water partition coefficient (Wildman–Crippen LogP) is 3.83. The van der Waals surface area contributed by atoms with Crippen molar-refractivity contribution in [3.8, 4) is 0 Å². The molecule has 2 aromatic carbocycles. The second kappa shape index (κ2) is 9.82. The Balaban J connectivity index is 2.12. The first-order valence-corrected chi connectivity index (χ1v) is 10.4. The summed E-state index contributed by atoms with van der Waals surface area (Å²) >= 11 is 7.27. The number of thiazole rings is 1. The van der Waals surface area contributed by atoms with Gasteiger partial charge >= 0.3 is 5.97 Å². The number of fused-ring (bicyclic) bond motifs is 1. The number of nitro groups is 1. The third kappa shape index (κ3) is 4.98. The number of halogens is 1. The van der Waals surface area contributed by atoms with Crippen molar-refractivity contribution in [1.29, 1.82) is 0 Å². The molecule has 1 aromatic heterocycles. The molecule has 0 aliphatic heterocycles. The number of aromatic nitrogens is 1. The number of methoxy groups -OCH3 is 1. The molecule has 162 valence electrons. The van der Waals surface area contributed by atoms with Crippen LogP contribution >= 0.6 is 22.9 Å². The average Bonchev–Trinajstić information content (AvgIpc) is 3.08. The molecule has 0 aliphatic carbocycles. The lowest BCUT2D eigenvalue weighted by Gasteiger charge is -2.05. The number of benzene rings is 2. The fourth-order valence-electron chi connectivity index (χ4n) is 2.84. The van der Waals surface area contributed by atoms with Crippen LogP contribution < -0.4 is 4.80 Å². The highest BCUT2D eigenvalue weighted by Crippen LogP contribution is 2.24. The van der Waals surface area contributed by atoms with Gasteiger partial charge in [-0.15, -0.1) is 0 Å². The first kappa shape index (κ1) is 22.6. The van der Waals surface area contributed by atoms with E-state index >= 15 is 0 Å². The van der Waals surface area contributed by atoms with Gasteiger partial charge in [0.25, 0.3) is 11.6 Å². The zero-order valence-corrected chi connectivity index (χ0v) is 18.2. The molecule has 0 saturated carbocycles. The summed E-state index contributed by atoms with van der Waals surface area (Å²) in [5.74, 6) is -1.16. The van der Waals surface area contributed by atoms with Gasteiger partial charge in [-0.05, 0) is 31.2 Å². The van der Waals surface area contributed by atoms with E-state index < -0.39 is 16.8 Å². The highest BCUT2D eigenvalue weighted by molar-refractivity contribution is 7.16. The minimum absolute atomic E-state index is 0.0634. The highest BCUT2D eigenvalue weighted by Gasteiger charge is 2.17. The Morgan fingerprint density at radius 2 is 2.03 bits per heavy atom. The third-order valence-corrected chi connectivity index (χ3v) is 5.67. The number of ether oxygens (including phenoxy) is 2. The molecule has 3 aromatic rings. The first-order valence-electron chi connectivity index (χ1n) is 9.18. The normalized spacial score (nSPS) is 11.6. The standard InChI is InChI=1S/C20H18ClN3O6S/c1-3-30-19(26)12-4-7-16-17(10-12)31-20(23(16)8-9-29-2)22-18(25)14-11-13(24(27)28)5-6-15(14)21/h4-7,10-11H,3,8-9H2,1-2H3. The Hall–Kier alpha value is -3.08. The van der Waals surface area contributed by atoms with Crippen molar-refractivity contribution in [2.45, 2.75) is 13.5 Å². The minimum Gasteiger partial charge on any atom is -0.462 e. The van der Waals surface area contributed by atoms with Crippen LogP contribution in [0.5, 0.6) is 0 Å². The monoisotopic (exact) mass is 463 g/mol. The molecule has 1 heterocycles. The molecular weight excluding hydrogens is 446 g/mol. The van der Waals surface area contributed by atoms with Crippen molar-refractivity contribution < 1.29 is 24.0 Å². The molecule has 11 heteroatoms. The number of non-ortho nitro benzene ring substituents is 1. The van der Waals surface area contributed by atoms with Crippen molar-refractivity contribution >= 4 is 50.7 Å². The maximum Gasteiger partial charge on any atom is 0.338 e. The summed E-state index contributed by atoms with van der Waals surface area (Å²) in [5, 5.41) is 11.1. The first-order chi connectivity index (χ1) is 14.8. The number of hydrogen-bond donors (Lipinski definition) is 0. The molecule has 0 radical (unpaired) electrons. The summed E-state index contributed by atoms with van der Waals surface area (Å²) in [6, 6.07) is 8.66. The lowest BCUT2D eigenvalue weighted by molar-refractivity contribution is -0.384. The molecule has 0 unspecified atom stereocenters. The topological polar surface area (TPSA) is 113 Å². The summed E-state index contributed by atoms with van der Waals surface area (Å²) in [7, 11) is 1.55. The van der Waals surface area contributed by atoms with E-state index in [1.54, 1.807) is 36.8 Å². The Kier molecular flexibility index (Phi) is 7.16. The zero-order valence-electron chi connectivity index (χ0n) is 16.7. The van der Waals surface area contributed by atoms with E-state index in [0.717, 1.165) is 16.3 Å². The second-order valence-electron chi connectivity index (χ2n) is 6.27. The number of amides is 1. The van der Waals surface area contributed by atoms with Crippen LogP contribution in [0.25, 0.3) is 10.2 Å². The van der Waals surface area contributed by atoms with Gasteiger partial charge in [-0.1, -0.05) is 22.9 Å². The molecule has 0 atom stereocenters. The summed E-state index contributed by atoms with van der Waals surface area (Å²) in [4.78, 5) is 39.8. The van der Waals surface area contributed by atoms with Gasteiger partial charge < -0.3 is 14.0 Å². The van der Waals surface area contributed by atoms with Crippen LogP contribution in [-0.4, -0.2) is 41.7 Å². The Labute approximate surface area is 185 Å². The van der Waals surface area contributed by atoms with Crippen molar-refractivity contribution in [2.75, 3.05) is 20.3 Å². The Bertz CT molecular complexity index is 1230. The fourth-order valence-corrected chi connectivity index (χ4v) is 4.13. The van der Waals surface area contributed by atoms with Gasteiger partial charge in [0.15, 0.2) is 4.80 Å². The van der Waals surface area contributed by atoms with E-state index in [2.05, 4.69) is 4.99 Å². The van der Waals surface area contributed by atoms with Gasteiger partial charge in [-0.25, -0.2) is 4.79 Å². The summed E-state index contributed by atoms with van der Waals surface area (Å²) < 4.78 is 12.7. The van der Waals surface area contributed by atoms with Gasteiger partial charge in [-0.2, -0.15) is 4.99 Å². The lowest BCUT2D eigenvalue weighted by atomic mass is 10.2.